The third kappa shape index (κ3) is 11.1. The van der Waals surface area contributed by atoms with E-state index in [-0.39, 0.29) is 48.0 Å². The van der Waals surface area contributed by atoms with E-state index in [4.69, 9.17) is 44.2 Å². The molecule has 9 nitrogen and oxygen atoms in total. The van der Waals surface area contributed by atoms with Crippen molar-refractivity contribution in [1.82, 2.24) is 0 Å². The molecule has 0 radical (unpaired) electrons. The Morgan fingerprint density at radius 3 is 1.69 bits per heavy atom. The van der Waals surface area contributed by atoms with Crippen LogP contribution in [0.2, 0.25) is 0 Å². The zero-order valence-corrected chi connectivity index (χ0v) is 29.0. The van der Waals surface area contributed by atoms with E-state index >= 15 is 8.78 Å². The van der Waals surface area contributed by atoms with Gasteiger partial charge in [-0.3, -0.25) is 4.18 Å². The number of aryl methyl sites for hydroxylation is 1. The van der Waals surface area contributed by atoms with Gasteiger partial charge in [-0.2, -0.15) is 17.2 Å². The zero-order valence-electron chi connectivity index (χ0n) is 27.4. The maximum absolute atomic E-state index is 15.5. The number of alkyl halides is 3. The molecule has 2 aliphatic heterocycles. The van der Waals surface area contributed by atoms with Gasteiger partial charge in [0.15, 0.2) is 12.6 Å². The Kier molecular flexibility index (Phi) is 13.7. The van der Waals surface area contributed by atoms with Crippen LogP contribution in [0.5, 0.6) is 11.5 Å². The van der Waals surface area contributed by atoms with Crippen LogP contribution in [0.3, 0.4) is 0 Å². The van der Waals surface area contributed by atoms with Gasteiger partial charge in [0, 0.05) is 24.3 Å². The highest BCUT2D eigenvalue weighted by Crippen LogP contribution is 2.37. The van der Waals surface area contributed by atoms with Crippen LogP contribution in [0.15, 0.2) is 77.7 Å². The monoisotopic (exact) mass is 724 g/mol. The molecular weight excluding hydrogens is 682 g/mol. The van der Waals surface area contributed by atoms with Crippen LogP contribution in [-0.2, 0) is 39.2 Å². The SMILES string of the molecule is Cc1ccc(S(=O)(=O)OCC(COc2ccc(C(F)(F)c3ccc(OCC(CCl)OC4CCCCO4)cc3)cc2)OC2CCCCO2)cc1. The second-order valence-corrected chi connectivity index (χ2v) is 14.0. The lowest BCUT2D eigenvalue weighted by atomic mass is 10.0. The van der Waals surface area contributed by atoms with Crippen molar-refractivity contribution >= 4 is 21.7 Å². The minimum atomic E-state index is -4.04. The number of hydrogen-bond acceptors (Lipinski definition) is 9. The summed E-state index contributed by atoms with van der Waals surface area (Å²) in [5.74, 6) is -2.36. The first-order valence-electron chi connectivity index (χ1n) is 16.5. The van der Waals surface area contributed by atoms with Gasteiger partial charge in [-0.05, 0) is 106 Å². The van der Waals surface area contributed by atoms with Crippen LogP contribution in [0.1, 0.15) is 55.2 Å². The Morgan fingerprint density at radius 1 is 0.735 bits per heavy atom. The second kappa shape index (κ2) is 17.9. The van der Waals surface area contributed by atoms with Gasteiger partial charge in [-0.1, -0.05) is 17.7 Å². The molecule has 2 fully saturated rings. The molecule has 2 saturated heterocycles. The van der Waals surface area contributed by atoms with E-state index in [1.54, 1.807) is 12.1 Å². The van der Waals surface area contributed by atoms with Crippen molar-refractivity contribution in [2.24, 2.45) is 0 Å². The lowest BCUT2D eigenvalue weighted by molar-refractivity contribution is -0.198. The highest BCUT2D eigenvalue weighted by molar-refractivity contribution is 7.86. The Labute approximate surface area is 291 Å². The Bertz CT molecular complexity index is 1530. The van der Waals surface area contributed by atoms with Crippen molar-refractivity contribution in [1.29, 1.82) is 0 Å². The van der Waals surface area contributed by atoms with E-state index < -0.39 is 34.5 Å². The van der Waals surface area contributed by atoms with Gasteiger partial charge >= 0.3 is 0 Å². The summed E-state index contributed by atoms with van der Waals surface area (Å²) in [6, 6.07) is 17.4. The predicted molar refractivity (Wildman–Crippen MR) is 179 cm³/mol. The first-order chi connectivity index (χ1) is 23.6. The summed E-state index contributed by atoms with van der Waals surface area (Å²) >= 11 is 6.04. The van der Waals surface area contributed by atoms with Gasteiger partial charge in [0.05, 0.1) is 17.4 Å². The topological polar surface area (TPSA) is 98.8 Å². The lowest BCUT2D eigenvalue weighted by Gasteiger charge is -2.27. The van der Waals surface area contributed by atoms with E-state index in [2.05, 4.69) is 0 Å². The van der Waals surface area contributed by atoms with Crippen molar-refractivity contribution in [2.45, 2.75) is 81.1 Å². The second-order valence-electron chi connectivity index (χ2n) is 12.1. The van der Waals surface area contributed by atoms with E-state index in [1.807, 2.05) is 6.92 Å². The molecule has 3 aromatic carbocycles. The van der Waals surface area contributed by atoms with Crippen molar-refractivity contribution in [2.75, 3.05) is 38.9 Å². The molecule has 49 heavy (non-hydrogen) atoms. The molecule has 268 valence electrons. The van der Waals surface area contributed by atoms with Crippen molar-refractivity contribution < 1.29 is 49.8 Å². The first kappa shape index (κ1) is 37.4. The lowest BCUT2D eigenvalue weighted by Crippen LogP contribution is -2.35. The smallest absolute Gasteiger partial charge is 0.298 e. The summed E-state index contributed by atoms with van der Waals surface area (Å²) in [4.78, 5) is 0.0281. The number of halogens is 3. The molecule has 13 heteroatoms. The minimum absolute atomic E-state index is 0.0281. The van der Waals surface area contributed by atoms with Crippen molar-refractivity contribution in [3.63, 3.8) is 0 Å². The molecule has 2 aliphatic rings. The molecule has 0 aromatic heterocycles. The summed E-state index contributed by atoms with van der Waals surface area (Å²) in [6.45, 7) is 2.79. The Balaban J connectivity index is 1.15. The standard InChI is InChI=1S/C36H43ClF2O9S/c1-26-8-18-33(19-9-26)49(40,41)46-25-32(48-35-7-3-5-21-43-35)24-45-30-16-12-28(13-17-30)36(38,39)27-10-14-29(15-11-27)44-23-31(22-37)47-34-6-2-4-20-42-34/h8-19,31-32,34-35H,2-7,20-25H2,1H3. The fourth-order valence-corrected chi connectivity index (χ4v) is 6.42. The third-order valence-corrected chi connectivity index (χ3v) is 9.80. The molecule has 3 aromatic rings. The largest absolute Gasteiger partial charge is 0.491 e. The van der Waals surface area contributed by atoms with Crippen LogP contribution >= 0.6 is 11.6 Å². The first-order valence-corrected chi connectivity index (χ1v) is 18.5. The molecule has 0 N–H and O–H groups in total. The third-order valence-electron chi connectivity index (χ3n) is 8.16. The fourth-order valence-electron chi connectivity index (χ4n) is 5.32. The highest BCUT2D eigenvalue weighted by Gasteiger charge is 2.34. The van der Waals surface area contributed by atoms with Crippen LogP contribution in [0, 0.1) is 6.92 Å². The quantitative estimate of drug-likeness (QED) is 0.104. The molecule has 0 aliphatic carbocycles. The van der Waals surface area contributed by atoms with Crippen molar-refractivity contribution in [3.8, 4) is 11.5 Å². The molecule has 0 amide bonds. The van der Waals surface area contributed by atoms with Crippen molar-refractivity contribution in [3.05, 3.63) is 89.5 Å². The van der Waals surface area contributed by atoms with Crippen LogP contribution in [0.4, 0.5) is 8.78 Å². The molecule has 4 unspecified atom stereocenters. The molecule has 5 rings (SSSR count). The average Bonchev–Trinajstić information content (AvgIpc) is 3.12. The van der Waals surface area contributed by atoms with E-state index in [1.165, 1.54) is 60.7 Å². The van der Waals surface area contributed by atoms with Crippen LogP contribution in [-0.4, -0.2) is 72.1 Å². The van der Waals surface area contributed by atoms with Crippen LogP contribution in [0.25, 0.3) is 0 Å². The van der Waals surface area contributed by atoms with Gasteiger partial charge in [-0.15, -0.1) is 11.6 Å². The zero-order chi connectivity index (χ0) is 34.7. The van der Waals surface area contributed by atoms with E-state index in [0.717, 1.165) is 37.7 Å². The predicted octanol–water partition coefficient (Wildman–Crippen LogP) is 7.36. The summed E-state index contributed by atoms with van der Waals surface area (Å²) in [5, 5.41) is 0. The Hall–Kier alpha value is -2.84. The molecule has 2 heterocycles. The molecular formula is C36H43ClF2O9S. The molecule has 0 saturated carbocycles. The van der Waals surface area contributed by atoms with E-state index in [9.17, 15) is 8.42 Å². The summed E-state index contributed by atoms with van der Waals surface area (Å²) in [7, 11) is -4.04. The molecule has 4 atom stereocenters. The summed E-state index contributed by atoms with van der Waals surface area (Å²) in [5.41, 5.74) is 0.480. The fraction of sp³-hybridized carbons (Fsp3) is 0.500. The minimum Gasteiger partial charge on any atom is -0.491 e. The molecule has 0 bridgehead atoms. The number of benzene rings is 3. The highest BCUT2D eigenvalue weighted by atomic mass is 35.5. The Morgan fingerprint density at radius 2 is 1.22 bits per heavy atom. The summed E-state index contributed by atoms with van der Waals surface area (Å²) in [6.07, 6.45) is 3.25. The average molecular weight is 725 g/mol. The van der Waals surface area contributed by atoms with Gasteiger partial charge in [0.25, 0.3) is 16.0 Å². The summed E-state index contributed by atoms with van der Waals surface area (Å²) < 4.78 is 96.6. The number of hydrogen-bond donors (Lipinski definition) is 0. The maximum atomic E-state index is 15.5. The number of ether oxygens (including phenoxy) is 6. The van der Waals surface area contributed by atoms with Gasteiger partial charge < -0.3 is 28.4 Å². The number of rotatable bonds is 17. The molecule has 0 spiro atoms. The van der Waals surface area contributed by atoms with E-state index in [0.29, 0.717) is 31.1 Å². The maximum Gasteiger partial charge on any atom is 0.298 e. The van der Waals surface area contributed by atoms with Gasteiger partial charge in [0.1, 0.15) is 36.9 Å². The van der Waals surface area contributed by atoms with Crippen LogP contribution < -0.4 is 9.47 Å². The van der Waals surface area contributed by atoms with Gasteiger partial charge in [0.2, 0.25) is 0 Å². The normalized spacial score (nSPS) is 20.0. The van der Waals surface area contributed by atoms with Gasteiger partial charge in [-0.25, -0.2) is 0 Å².